The van der Waals surface area contributed by atoms with E-state index in [1.807, 2.05) is 38.1 Å². The maximum absolute atomic E-state index is 10.2. The van der Waals surface area contributed by atoms with Gasteiger partial charge in [-0.3, -0.25) is 0 Å². The summed E-state index contributed by atoms with van der Waals surface area (Å²) in [5.41, 5.74) is 2.02. The van der Waals surface area contributed by atoms with Gasteiger partial charge in [-0.1, -0.05) is 30.3 Å². The zero-order valence-electron chi connectivity index (χ0n) is 10.9. The van der Waals surface area contributed by atoms with Crippen LogP contribution in [0.25, 0.3) is 0 Å². The third-order valence-corrected chi connectivity index (χ3v) is 3.59. The smallest absolute Gasteiger partial charge is 0.0906 e. The molecule has 4 heteroatoms. The van der Waals surface area contributed by atoms with Gasteiger partial charge in [-0.2, -0.15) is 0 Å². The Kier molecular flexibility index (Phi) is 3.57. The van der Waals surface area contributed by atoms with Gasteiger partial charge in [-0.25, -0.2) is 0 Å². The fourth-order valence-corrected chi connectivity index (χ4v) is 2.28. The predicted octanol–water partition coefficient (Wildman–Crippen LogP) is 2.24. The molecule has 0 saturated heterocycles. The van der Waals surface area contributed by atoms with Crippen LogP contribution in [-0.2, 0) is 0 Å². The molecule has 0 aromatic heterocycles. The van der Waals surface area contributed by atoms with E-state index in [0.29, 0.717) is 19.4 Å². The van der Waals surface area contributed by atoms with Gasteiger partial charge in [0, 0.05) is 30.8 Å². The van der Waals surface area contributed by atoms with Crippen LogP contribution in [0.1, 0.15) is 32.3 Å². The third kappa shape index (κ3) is 2.48. The molecular formula is C14H20N2O2. The molecule has 0 aliphatic carbocycles. The second-order valence-corrected chi connectivity index (χ2v) is 5.09. The third-order valence-electron chi connectivity index (χ3n) is 3.59. The van der Waals surface area contributed by atoms with E-state index >= 15 is 0 Å². The molecule has 1 atom stereocenters. The van der Waals surface area contributed by atoms with Crippen molar-refractivity contribution in [3.8, 4) is 0 Å². The summed E-state index contributed by atoms with van der Waals surface area (Å²) in [4.78, 5) is 2.16. The second kappa shape index (κ2) is 4.98. The number of aliphatic hydroxyl groups is 1. The molecule has 0 bridgehead atoms. The first-order chi connectivity index (χ1) is 8.57. The highest BCUT2D eigenvalue weighted by atomic mass is 16.4. The molecule has 1 aromatic carbocycles. The van der Waals surface area contributed by atoms with E-state index < -0.39 is 5.60 Å². The topological polar surface area (TPSA) is 56.1 Å². The Bertz CT molecular complexity index is 455. The molecule has 0 radical (unpaired) electrons. The van der Waals surface area contributed by atoms with Crippen LogP contribution in [0.2, 0.25) is 0 Å². The van der Waals surface area contributed by atoms with Crippen molar-refractivity contribution >= 4 is 11.4 Å². The molecule has 1 aromatic rings. The highest BCUT2D eigenvalue weighted by Crippen LogP contribution is 2.28. The van der Waals surface area contributed by atoms with Gasteiger partial charge >= 0.3 is 0 Å². The molecule has 0 amide bonds. The minimum absolute atomic E-state index is 0.596. The van der Waals surface area contributed by atoms with Crippen LogP contribution >= 0.6 is 0 Å². The van der Waals surface area contributed by atoms with E-state index in [1.165, 1.54) is 0 Å². The number of benzene rings is 1. The number of rotatable bonds is 3. The normalized spacial score (nSPS) is 20.6. The molecule has 0 spiro atoms. The standard InChI is InChI=1S/C14H20N2O2/c1-3-14(2,17)10-16-9-8-12(15-18)11-6-4-5-7-13(11)16/h4-7,17-18H,3,8-10H2,1-2H3/b15-12-. The first kappa shape index (κ1) is 12.9. The number of anilines is 1. The molecule has 0 saturated carbocycles. The first-order valence-electron chi connectivity index (χ1n) is 6.35. The van der Waals surface area contributed by atoms with Crippen LogP contribution in [0, 0.1) is 0 Å². The summed E-state index contributed by atoms with van der Waals surface area (Å²) < 4.78 is 0. The largest absolute Gasteiger partial charge is 0.411 e. The average molecular weight is 248 g/mol. The molecule has 2 N–H and O–H groups in total. The van der Waals surface area contributed by atoms with Crippen molar-refractivity contribution in [1.82, 2.24) is 0 Å². The molecule has 4 nitrogen and oxygen atoms in total. The van der Waals surface area contributed by atoms with Gasteiger partial charge in [0.15, 0.2) is 0 Å². The van der Waals surface area contributed by atoms with Crippen LogP contribution in [0.5, 0.6) is 0 Å². The van der Waals surface area contributed by atoms with E-state index in [1.54, 1.807) is 0 Å². The van der Waals surface area contributed by atoms with E-state index in [-0.39, 0.29) is 0 Å². The molecule has 2 rings (SSSR count). The number of β-amino-alcohol motifs (C(OH)–C–C–N with tert-alkyl or cyclic N) is 1. The number of fused-ring (bicyclic) bond motifs is 1. The van der Waals surface area contributed by atoms with Crippen LogP contribution in [-0.4, -0.2) is 34.7 Å². The van der Waals surface area contributed by atoms with Crippen molar-refractivity contribution in [2.75, 3.05) is 18.0 Å². The van der Waals surface area contributed by atoms with Gasteiger partial charge in [-0.05, 0) is 19.4 Å². The van der Waals surface area contributed by atoms with Gasteiger partial charge in [0.25, 0.3) is 0 Å². The average Bonchev–Trinajstić information content (AvgIpc) is 2.39. The van der Waals surface area contributed by atoms with Crippen LogP contribution in [0.15, 0.2) is 29.4 Å². The Balaban J connectivity index is 2.31. The lowest BCUT2D eigenvalue weighted by molar-refractivity contribution is 0.0630. The SMILES string of the molecule is CCC(C)(O)CN1CC/C(=N/O)c2ccccc21. The Hall–Kier alpha value is -1.55. The Morgan fingerprint density at radius 2 is 2.11 bits per heavy atom. The van der Waals surface area contributed by atoms with Crippen molar-refractivity contribution in [2.24, 2.45) is 5.16 Å². The maximum atomic E-state index is 10.2. The molecule has 1 heterocycles. The van der Waals surface area contributed by atoms with E-state index in [9.17, 15) is 5.11 Å². The second-order valence-electron chi connectivity index (χ2n) is 5.09. The number of hydrogen-bond donors (Lipinski definition) is 2. The van der Waals surface area contributed by atoms with Gasteiger partial charge in [0.1, 0.15) is 0 Å². The summed E-state index contributed by atoms with van der Waals surface area (Å²) in [5, 5.41) is 22.6. The minimum atomic E-state index is -0.693. The molecule has 1 aliphatic heterocycles. The molecule has 1 unspecified atom stereocenters. The van der Waals surface area contributed by atoms with Crippen molar-refractivity contribution in [3.05, 3.63) is 29.8 Å². The zero-order chi connectivity index (χ0) is 13.2. The maximum Gasteiger partial charge on any atom is 0.0906 e. The number of hydrogen-bond acceptors (Lipinski definition) is 4. The summed E-state index contributed by atoms with van der Waals surface area (Å²) in [7, 11) is 0. The highest BCUT2D eigenvalue weighted by molar-refractivity contribution is 6.06. The number of nitrogens with zero attached hydrogens (tertiary/aromatic N) is 2. The Morgan fingerprint density at radius 1 is 1.39 bits per heavy atom. The van der Waals surface area contributed by atoms with Crippen LogP contribution < -0.4 is 4.90 Å². The van der Waals surface area contributed by atoms with Gasteiger partial charge in [-0.15, -0.1) is 0 Å². The first-order valence-corrected chi connectivity index (χ1v) is 6.35. The minimum Gasteiger partial charge on any atom is -0.411 e. The number of oxime groups is 1. The van der Waals surface area contributed by atoms with Crippen molar-refractivity contribution in [3.63, 3.8) is 0 Å². The zero-order valence-corrected chi connectivity index (χ0v) is 10.9. The van der Waals surface area contributed by atoms with E-state index in [0.717, 1.165) is 23.5 Å². The summed E-state index contributed by atoms with van der Waals surface area (Å²) in [6, 6.07) is 7.86. The van der Waals surface area contributed by atoms with Crippen LogP contribution in [0.4, 0.5) is 5.69 Å². The van der Waals surface area contributed by atoms with E-state index in [4.69, 9.17) is 5.21 Å². The lowest BCUT2D eigenvalue weighted by Crippen LogP contribution is -2.43. The molecule has 18 heavy (non-hydrogen) atoms. The summed E-state index contributed by atoms with van der Waals surface area (Å²) >= 11 is 0. The summed E-state index contributed by atoms with van der Waals surface area (Å²) in [5.74, 6) is 0. The van der Waals surface area contributed by atoms with E-state index in [2.05, 4.69) is 10.1 Å². The van der Waals surface area contributed by atoms with Crippen LogP contribution in [0.3, 0.4) is 0 Å². The van der Waals surface area contributed by atoms with Crippen molar-refractivity contribution in [2.45, 2.75) is 32.3 Å². The van der Waals surface area contributed by atoms with Crippen molar-refractivity contribution in [1.29, 1.82) is 0 Å². The molecule has 1 aliphatic rings. The van der Waals surface area contributed by atoms with Crippen molar-refractivity contribution < 1.29 is 10.3 Å². The molecular weight excluding hydrogens is 228 g/mol. The molecule has 0 fully saturated rings. The number of para-hydroxylation sites is 1. The lowest BCUT2D eigenvalue weighted by Gasteiger charge is -2.36. The van der Waals surface area contributed by atoms with Gasteiger partial charge in [0.2, 0.25) is 0 Å². The quantitative estimate of drug-likeness (QED) is 0.637. The van der Waals surface area contributed by atoms with Gasteiger partial charge < -0.3 is 15.2 Å². The predicted molar refractivity (Wildman–Crippen MR) is 72.5 cm³/mol. The summed E-state index contributed by atoms with van der Waals surface area (Å²) in [6.07, 6.45) is 1.42. The monoisotopic (exact) mass is 248 g/mol. The Morgan fingerprint density at radius 3 is 2.78 bits per heavy atom. The highest BCUT2D eigenvalue weighted by Gasteiger charge is 2.27. The lowest BCUT2D eigenvalue weighted by atomic mass is 9.96. The molecule has 98 valence electrons. The fourth-order valence-electron chi connectivity index (χ4n) is 2.28. The summed E-state index contributed by atoms with van der Waals surface area (Å²) in [6.45, 7) is 5.20. The fraction of sp³-hybridized carbons (Fsp3) is 0.500. The van der Waals surface area contributed by atoms with Gasteiger partial charge in [0.05, 0.1) is 11.3 Å². The Labute approximate surface area is 108 Å².